The first-order valence-electron chi connectivity index (χ1n) is 4.36. The number of carbonyl (C=O) groups excluding carboxylic acids is 1. The summed E-state index contributed by atoms with van der Waals surface area (Å²) in [4.78, 5) is 30.1. The number of aromatic nitrogens is 2. The zero-order valence-electron chi connectivity index (χ0n) is 8.69. The predicted octanol–water partition coefficient (Wildman–Crippen LogP) is 1.29. The number of hydrogen-bond acceptors (Lipinski definition) is 4. The van der Waals surface area contributed by atoms with Gasteiger partial charge in [0.15, 0.2) is 5.82 Å². The number of carbonyl (C=O) groups is 2. The summed E-state index contributed by atoms with van der Waals surface area (Å²) in [5.41, 5.74) is -1.51. The SMILES string of the molecule is CC(C)(C(=O)O)C(=O)Nc1cnc(Br)cn1. The second-order valence-electron chi connectivity index (χ2n) is 3.61. The molecule has 0 aliphatic rings. The van der Waals surface area contributed by atoms with E-state index in [0.717, 1.165) is 0 Å². The molecule has 1 heterocycles. The number of aliphatic carboxylic acids is 1. The Morgan fingerprint density at radius 1 is 1.38 bits per heavy atom. The Bertz CT molecular complexity index is 417. The molecule has 0 spiro atoms. The Kier molecular flexibility index (Phi) is 3.58. The molecule has 7 heteroatoms. The van der Waals surface area contributed by atoms with Crippen molar-refractivity contribution in [1.82, 2.24) is 9.97 Å². The normalized spacial score (nSPS) is 10.9. The minimum absolute atomic E-state index is 0.211. The van der Waals surface area contributed by atoms with Gasteiger partial charge in [-0.05, 0) is 29.8 Å². The van der Waals surface area contributed by atoms with E-state index in [9.17, 15) is 9.59 Å². The van der Waals surface area contributed by atoms with Gasteiger partial charge >= 0.3 is 5.97 Å². The molecule has 0 saturated carbocycles. The van der Waals surface area contributed by atoms with Gasteiger partial charge in [-0.25, -0.2) is 9.97 Å². The molecule has 16 heavy (non-hydrogen) atoms. The molecule has 1 aromatic rings. The maximum atomic E-state index is 11.6. The van der Waals surface area contributed by atoms with Crippen LogP contribution in [0.3, 0.4) is 0 Å². The van der Waals surface area contributed by atoms with Crippen molar-refractivity contribution in [2.24, 2.45) is 5.41 Å². The van der Waals surface area contributed by atoms with E-state index in [-0.39, 0.29) is 5.82 Å². The van der Waals surface area contributed by atoms with E-state index >= 15 is 0 Å². The lowest BCUT2D eigenvalue weighted by molar-refractivity contribution is -0.151. The van der Waals surface area contributed by atoms with Gasteiger partial charge in [0.25, 0.3) is 0 Å². The smallest absolute Gasteiger partial charge is 0.318 e. The van der Waals surface area contributed by atoms with Crippen LogP contribution in [0.1, 0.15) is 13.8 Å². The number of carboxylic acids is 1. The van der Waals surface area contributed by atoms with E-state index in [1.807, 2.05) is 0 Å². The summed E-state index contributed by atoms with van der Waals surface area (Å²) in [5.74, 6) is -1.63. The van der Waals surface area contributed by atoms with Crippen LogP contribution in [0.4, 0.5) is 5.82 Å². The van der Waals surface area contributed by atoms with Gasteiger partial charge in [-0.1, -0.05) is 0 Å². The van der Waals surface area contributed by atoms with E-state index in [4.69, 9.17) is 5.11 Å². The average molecular weight is 288 g/mol. The van der Waals surface area contributed by atoms with Crippen LogP contribution in [0.15, 0.2) is 17.0 Å². The zero-order chi connectivity index (χ0) is 12.3. The average Bonchev–Trinajstić information content (AvgIpc) is 2.21. The molecule has 0 bridgehead atoms. The van der Waals surface area contributed by atoms with Gasteiger partial charge in [0.1, 0.15) is 10.0 Å². The first-order valence-corrected chi connectivity index (χ1v) is 5.15. The third-order valence-corrected chi connectivity index (χ3v) is 2.37. The lowest BCUT2D eigenvalue weighted by atomic mass is 9.93. The van der Waals surface area contributed by atoms with Gasteiger partial charge in [-0.15, -0.1) is 0 Å². The molecule has 1 aromatic heterocycles. The molecule has 2 N–H and O–H groups in total. The molecule has 0 aliphatic heterocycles. The van der Waals surface area contributed by atoms with Gasteiger partial charge in [0, 0.05) is 0 Å². The lowest BCUT2D eigenvalue weighted by Crippen LogP contribution is -2.38. The Morgan fingerprint density at radius 3 is 2.44 bits per heavy atom. The molecule has 0 saturated heterocycles. The molecule has 0 aromatic carbocycles. The summed E-state index contributed by atoms with van der Waals surface area (Å²) >= 11 is 3.09. The van der Waals surface area contributed by atoms with Crippen molar-refractivity contribution in [3.63, 3.8) is 0 Å². The second-order valence-corrected chi connectivity index (χ2v) is 4.42. The molecule has 0 aliphatic carbocycles. The summed E-state index contributed by atoms with van der Waals surface area (Å²) < 4.78 is 0.531. The van der Waals surface area contributed by atoms with Crippen molar-refractivity contribution in [3.05, 3.63) is 17.0 Å². The van der Waals surface area contributed by atoms with Crippen LogP contribution in [-0.4, -0.2) is 27.0 Å². The summed E-state index contributed by atoms with van der Waals surface area (Å²) in [7, 11) is 0. The molecule has 0 atom stereocenters. The van der Waals surface area contributed by atoms with Crippen LogP contribution < -0.4 is 5.32 Å². The van der Waals surface area contributed by atoms with Crippen molar-refractivity contribution in [2.45, 2.75) is 13.8 Å². The summed E-state index contributed by atoms with van der Waals surface area (Å²) in [6.07, 6.45) is 2.74. The Hall–Kier alpha value is -1.50. The molecule has 0 fully saturated rings. The Labute approximate surface area is 100 Å². The highest BCUT2D eigenvalue weighted by molar-refractivity contribution is 9.10. The monoisotopic (exact) mass is 287 g/mol. The van der Waals surface area contributed by atoms with Crippen LogP contribution in [0.2, 0.25) is 0 Å². The number of hydrogen-bond donors (Lipinski definition) is 2. The number of amides is 1. The summed E-state index contributed by atoms with van der Waals surface area (Å²) in [6, 6.07) is 0. The third kappa shape index (κ3) is 2.75. The van der Waals surface area contributed by atoms with Crippen molar-refractivity contribution < 1.29 is 14.7 Å². The van der Waals surface area contributed by atoms with E-state index in [1.165, 1.54) is 26.2 Å². The maximum absolute atomic E-state index is 11.6. The lowest BCUT2D eigenvalue weighted by Gasteiger charge is -2.17. The van der Waals surface area contributed by atoms with Crippen molar-refractivity contribution >= 4 is 33.6 Å². The number of carboxylic acid groups (broad SMARTS) is 1. The van der Waals surface area contributed by atoms with E-state index in [0.29, 0.717) is 4.60 Å². The molecule has 0 radical (unpaired) electrons. The second kappa shape index (κ2) is 4.56. The number of halogens is 1. The van der Waals surface area contributed by atoms with Crippen LogP contribution in [0.25, 0.3) is 0 Å². The minimum atomic E-state index is -1.51. The largest absolute Gasteiger partial charge is 0.480 e. The molecular formula is C9H10BrN3O3. The number of nitrogens with one attached hydrogen (secondary N) is 1. The summed E-state index contributed by atoms with van der Waals surface area (Å²) in [6.45, 7) is 2.63. The highest BCUT2D eigenvalue weighted by atomic mass is 79.9. The standard InChI is InChI=1S/C9H10BrN3O3/c1-9(2,8(15)16)7(14)13-6-4-11-5(10)3-12-6/h3-4H,1-2H3,(H,15,16)(H,12,13,14). The van der Waals surface area contributed by atoms with Gasteiger partial charge < -0.3 is 10.4 Å². The van der Waals surface area contributed by atoms with Crippen LogP contribution in [-0.2, 0) is 9.59 Å². The third-order valence-electron chi connectivity index (χ3n) is 1.96. The fourth-order valence-corrected chi connectivity index (χ4v) is 0.951. The fourth-order valence-electron chi connectivity index (χ4n) is 0.747. The molecular weight excluding hydrogens is 278 g/mol. The van der Waals surface area contributed by atoms with E-state index in [2.05, 4.69) is 31.2 Å². The molecule has 86 valence electrons. The topological polar surface area (TPSA) is 92.2 Å². The van der Waals surface area contributed by atoms with Gasteiger partial charge in [-0.2, -0.15) is 0 Å². The fraction of sp³-hybridized carbons (Fsp3) is 0.333. The van der Waals surface area contributed by atoms with Crippen molar-refractivity contribution in [2.75, 3.05) is 5.32 Å². The Balaban J connectivity index is 2.79. The first kappa shape index (κ1) is 12.6. The van der Waals surface area contributed by atoms with Crippen molar-refractivity contribution in [1.29, 1.82) is 0 Å². The van der Waals surface area contributed by atoms with Gasteiger partial charge in [0.05, 0.1) is 12.4 Å². The van der Waals surface area contributed by atoms with Crippen molar-refractivity contribution in [3.8, 4) is 0 Å². The minimum Gasteiger partial charge on any atom is -0.480 e. The maximum Gasteiger partial charge on any atom is 0.318 e. The quantitative estimate of drug-likeness (QED) is 0.817. The Morgan fingerprint density at radius 2 is 2.00 bits per heavy atom. The zero-order valence-corrected chi connectivity index (χ0v) is 10.3. The predicted molar refractivity (Wildman–Crippen MR) is 59.8 cm³/mol. The van der Waals surface area contributed by atoms with E-state index < -0.39 is 17.3 Å². The van der Waals surface area contributed by atoms with Gasteiger partial charge in [0.2, 0.25) is 5.91 Å². The van der Waals surface area contributed by atoms with Gasteiger partial charge in [-0.3, -0.25) is 9.59 Å². The van der Waals surface area contributed by atoms with E-state index in [1.54, 1.807) is 0 Å². The first-order chi connectivity index (χ1) is 7.34. The molecule has 0 unspecified atom stereocenters. The highest BCUT2D eigenvalue weighted by Gasteiger charge is 2.36. The van der Waals surface area contributed by atoms with Crippen LogP contribution in [0, 0.1) is 5.41 Å². The molecule has 1 rings (SSSR count). The molecule has 6 nitrogen and oxygen atoms in total. The number of rotatable bonds is 3. The molecule has 1 amide bonds. The summed E-state index contributed by atoms with van der Waals surface area (Å²) in [5, 5.41) is 11.2. The van der Waals surface area contributed by atoms with Crippen LogP contribution >= 0.6 is 15.9 Å². The number of nitrogens with zero attached hydrogens (tertiary/aromatic N) is 2. The number of anilines is 1. The highest BCUT2D eigenvalue weighted by Crippen LogP contribution is 2.17. The van der Waals surface area contributed by atoms with Crippen LogP contribution in [0.5, 0.6) is 0 Å².